The second-order valence-corrected chi connectivity index (χ2v) is 5.32. The van der Waals surface area contributed by atoms with Crippen LogP contribution in [0.4, 0.5) is 0 Å². The van der Waals surface area contributed by atoms with Gasteiger partial charge >= 0.3 is 0 Å². The Bertz CT molecular complexity index is 257. The highest BCUT2D eigenvalue weighted by atomic mass is 35.5. The fraction of sp³-hybridized carbons (Fsp3) is 0.625. The van der Waals surface area contributed by atoms with Crippen LogP contribution in [0.25, 0.3) is 0 Å². The van der Waals surface area contributed by atoms with Crippen molar-refractivity contribution in [1.29, 1.82) is 0 Å². The van der Waals surface area contributed by atoms with Crippen molar-refractivity contribution in [3.05, 3.63) is 15.5 Å². The Morgan fingerprint density at radius 1 is 1.67 bits per heavy atom. The molecule has 0 saturated heterocycles. The molecule has 0 bridgehead atoms. The molecule has 12 heavy (non-hydrogen) atoms. The standard InChI is InChI=1S/C8H13ClN2S/c1-8(2,5-10)3-6-4-11-7(9)12-6/h4H,3,5,10H2,1-2H3. The van der Waals surface area contributed by atoms with Crippen LogP contribution in [0.15, 0.2) is 6.20 Å². The van der Waals surface area contributed by atoms with Crippen molar-refractivity contribution in [2.24, 2.45) is 11.1 Å². The maximum Gasteiger partial charge on any atom is 0.183 e. The maximum absolute atomic E-state index is 5.71. The molecule has 0 aliphatic heterocycles. The summed E-state index contributed by atoms with van der Waals surface area (Å²) in [6.45, 7) is 4.96. The van der Waals surface area contributed by atoms with Gasteiger partial charge in [0.2, 0.25) is 0 Å². The molecule has 0 aliphatic carbocycles. The summed E-state index contributed by atoms with van der Waals surface area (Å²) in [7, 11) is 0. The number of halogens is 1. The zero-order valence-corrected chi connectivity index (χ0v) is 8.87. The summed E-state index contributed by atoms with van der Waals surface area (Å²) in [5.41, 5.74) is 5.76. The summed E-state index contributed by atoms with van der Waals surface area (Å²) in [5, 5.41) is 0. The molecule has 1 aromatic heterocycles. The Kier molecular flexibility index (Phi) is 3.09. The van der Waals surface area contributed by atoms with Crippen molar-refractivity contribution in [3.63, 3.8) is 0 Å². The number of aromatic nitrogens is 1. The monoisotopic (exact) mass is 204 g/mol. The van der Waals surface area contributed by atoms with Gasteiger partial charge in [0.05, 0.1) is 0 Å². The van der Waals surface area contributed by atoms with Crippen LogP contribution in [0.2, 0.25) is 4.47 Å². The van der Waals surface area contributed by atoms with E-state index in [1.165, 1.54) is 16.2 Å². The van der Waals surface area contributed by atoms with E-state index in [0.717, 1.165) is 6.42 Å². The number of rotatable bonds is 3. The summed E-state index contributed by atoms with van der Waals surface area (Å²) in [6.07, 6.45) is 2.78. The highest BCUT2D eigenvalue weighted by Crippen LogP contribution is 2.25. The third-order valence-corrected chi connectivity index (χ3v) is 2.85. The summed E-state index contributed by atoms with van der Waals surface area (Å²) < 4.78 is 0.609. The van der Waals surface area contributed by atoms with Gasteiger partial charge in [-0.1, -0.05) is 25.4 Å². The molecule has 0 aromatic carbocycles. The van der Waals surface area contributed by atoms with E-state index in [-0.39, 0.29) is 5.41 Å². The molecule has 2 nitrogen and oxygen atoms in total. The van der Waals surface area contributed by atoms with Crippen LogP contribution in [-0.2, 0) is 6.42 Å². The van der Waals surface area contributed by atoms with Gasteiger partial charge in [-0.05, 0) is 18.4 Å². The molecule has 0 radical (unpaired) electrons. The molecule has 2 N–H and O–H groups in total. The number of hydrogen-bond donors (Lipinski definition) is 1. The van der Waals surface area contributed by atoms with Gasteiger partial charge in [-0.3, -0.25) is 0 Å². The zero-order chi connectivity index (χ0) is 9.19. The molecule has 0 saturated carbocycles. The Morgan fingerprint density at radius 3 is 2.75 bits per heavy atom. The van der Waals surface area contributed by atoms with E-state index in [1.54, 1.807) is 0 Å². The molecule has 0 unspecified atom stereocenters. The van der Waals surface area contributed by atoms with Gasteiger partial charge in [0.15, 0.2) is 4.47 Å². The van der Waals surface area contributed by atoms with Gasteiger partial charge in [0, 0.05) is 11.1 Å². The molecule has 1 aromatic rings. The fourth-order valence-electron chi connectivity index (χ4n) is 0.909. The Labute approximate surface area is 81.8 Å². The molecular formula is C8H13ClN2S. The van der Waals surface area contributed by atoms with Crippen LogP contribution in [0.3, 0.4) is 0 Å². The average molecular weight is 205 g/mol. The van der Waals surface area contributed by atoms with Crippen LogP contribution >= 0.6 is 22.9 Å². The highest BCUT2D eigenvalue weighted by molar-refractivity contribution is 7.15. The van der Waals surface area contributed by atoms with E-state index in [1.807, 2.05) is 6.20 Å². The van der Waals surface area contributed by atoms with Crippen LogP contribution in [-0.4, -0.2) is 11.5 Å². The number of nitrogens with two attached hydrogens (primary N) is 1. The first-order valence-electron chi connectivity index (χ1n) is 3.84. The highest BCUT2D eigenvalue weighted by Gasteiger charge is 2.17. The third-order valence-electron chi connectivity index (χ3n) is 1.73. The predicted octanol–water partition coefficient (Wildman–Crippen LogP) is 2.32. The second-order valence-electron chi connectivity index (χ2n) is 3.62. The van der Waals surface area contributed by atoms with E-state index < -0.39 is 0 Å². The zero-order valence-electron chi connectivity index (χ0n) is 7.30. The van der Waals surface area contributed by atoms with Crippen molar-refractivity contribution < 1.29 is 0 Å². The molecule has 0 atom stereocenters. The average Bonchev–Trinajstić information content (AvgIpc) is 2.35. The molecule has 0 fully saturated rings. The van der Waals surface area contributed by atoms with Gasteiger partial charge in [-0.25, -0.2) is 4.98 Å². The lowest BCUT2D eigenvalue weighted by Crippen LogP contribution is -2.25. The van der Waals surface area contributed by atoms with Gasteiger partial charge in [0.25, 0.3) is 0 Å². The Hall–Kier alpha value is -0.120. The van der Waals surface area contributed by atoms with Crippen molar-refractivity contribution in [2.75, 3.05) is 6.54 Å². The molecule has 1 rings (SSSR count). The molecule has 0 spiro atoms. The minimum absolute atomic E-state index is 0.149. The first-order valence-corrected chi connectivity index (χ1v) is 5.03. The van der Waals surface area contributed by atoms with Crippen LogP contribution in [0.1, 0.15) is 18.7 Å². The first-order chi connectivity index (χ1) is 5.53. The molecular weight excluding hydrogens is 192 g/mol. The lowest BCUT2D eigenvalue weighted by atomic mass is 9.89. The molecule has 4 heteroatoms. The molecule has 68 valence electrons. The van der Waals surface area contributed by atoms with E-state index in [9.17, 15) is 0 Å². The minimum atomic E-state index is 0.149. The van der Waals surface area contributed by atoms with Gasteiger partial charge < -0.3 is 5.73 Å². The van der Waals surface area contributed by atoms with Crippen molar-refractivity contribution in [2.45, 2.75) is 20.3 Å². The SMILES string of the molecule is CC(C)(CN)Cc1cnc(Cl)s1. The topological polar surface area (TPSA) is 38.9 Å². The summed E-state index contributed by atoms with van der Waals surface area (Å²) in [6, 6.07) is 0. The van der Waals surface area contributed by atoms with Crippen molar-refractivity contribution >= 4 is 22.9 Å². The smallest absolute Gasteiger partial charge is 0.183 e. The molecule has 1 heterocycles. The van der Waals surface area contributed by atoms with Crippen molar-refractivity contribution in [1.82, 2.24) is 4.98 Å². The van der Waals surface area contributed by atoms with Gasteiger partial charge in [-0.2, -0.15) is 0 Å². The summed E-state index contributed by atoms with van der Waals surface area (Å²) >= 11 is 7.24. The van der Waals surface area contributed by atoms with Crippen LogP contribution < -0.4 is 5.73 Å². The van der Waals surface area contributed by atoms with Crippen molar-refractivity contribution in [3.8, 4) is 0 Å². The number of nitrogens with zero attached hydrogens (tertiary/aromatic N) is 1. The fourth-order valence-corrected chi connectivity index (χ4v) is 2.15. The Morgan fingerprint density at radius 2 is 2.33 bits per heavy atom. The van der Waals surface area contributed by atoms with Gasteiger partial charge in [-0.15, -0.1) is 11.3 Å². The van der Waals surface area contributed by atoms with E-state index in [2.05, 4.69) is 18.8 Å². The summed E-state index contributed by atoms with van der Waals surface area (Å²) in [4.78, 5) is 5.18. The van der Waals surface area contributed by atoms with E-state index in [4.69, 9.17) is 17.3 Å². The van der Waals surface area contributed by atoms with Crippen LogP contribution in [0, 0.1) is 5.41 Å². The number of hydrogen-bond acceptors (Lipinski definition) is 3. The molecule has 0 amide bonds. The van der Waals surface area contributed by atoms with Crippen LogP contribution in [0.5, 0.6) is 0 Å². The van der Waals surface area contributed by atoms with E-state index in [0.29, 0.717) is 11.0 Å². The quantitative estimate of drug-likeness (QED) is 0.821. The Balaban J connectivity index is 2.63. The number of thiazole rings is 1. The third kappa shape index (κ3) is 2.73. The first kappa shape index (κ1) is 9.96. The lowest BCUT2D eigenvalue weighted by Gasteiger charge is -2.20. The summed E-state index contributed by atoms with van der Waals surface area (Å²) in [5.74, 6) is 0. The normalized spacial score (nSPS) is 12.0. The molecule has 0 aliphatic rings. The van der Waals surface area contributed by atoms with E-state index >= 15 is 0 Å². The lowest BCUT2D eigenvalue weighted by molar-refractivity contribution is 0.379. The second kappa shape index (κ2) is 3.73. The maximum atomic E-state index is 5.71. The minimum Gasteiger partial charge on any atom is -0.330 e. The predicted molar refractivity (Wildman–Crippen MR) is 53.7 cm³/mol. The van der Waals surface area contributed by atoms with Gasteiger partial charge in [0.1, 0.15) is 0 Å². The largest absolute Gasteiger partial charge is 0.330 e.